The second kappa shape index (κ2) is 5.80. The van der Waals surface area contributed by atoms with Crippen molar-refractivity contribution in [1.82, 2.24) is 9.78 Å². The van der Waals surface area contributed by atoms with Crippen LogP contribution in [0.2, 0.25) is 5.02 Å². The molecule has 24 heavy (non-hydrogen) atoms. The Morgan fingerprint density at radius 1 is 1.12 bits per heavy atom. The van der Waals surface area contributed by atoms with Gasteiger partial charge in [-0.1, -0.05) is 35.9 Å². The normalized spacial score (nSPS) is 16.6. The third-order valence-corrected chi connectivity index (χ3v) is 4.71. The van der Waals surface area contributed by atoms with E-state index in [0.29, 0.717) is 11.4 Å². The molecule has 2 heterocycles. The maximum Gasteiger partial charge on any atom is 0.226 e. The molecule has 0 unspecified atom stereocenters. The second-order valence-electron chi connectivity index (χ2n) is 6.00. The molecule has 1 N–H and O–H groups in total. The van der Waals surface area contributed by atoms with Gasteiger partial charge in [-0.05, 0) is 42.3 Å². The van der Waals surface area contributed by atoms with Crippen molar-refractivity contribution in [2.45, 2.75) is 19.3 Å². The minimum absolute atomic E-state index is 0.00599. The molecule has 0 spiro atoms. The maximum atomic E-state index is 12.3. The average molecular weight is 338 g/mol. The number of aryl methyl sites for hydroxylation is 1. The lowest BCUT2D eigenvalue weighted by molar-refractivity contribution is -0.116. The zero-order chi connectivity index (χ0) is 16.7. The van der Waals surface area contributed by atoms with Crippen LogP contribution in [0.25, 0.3) is 5.69 Å². The quantitative estimate of drug-likeness (QED) is 0.757. The number of hydrogen-bond donors (Lipinski definition) is 1. The number of rotatable bonds is 2. The SMILES string of the molecule is Cc1ccccc1[C@@H]1CC(=O)Nc2c1cnn2-c1ccc(Cl)cc1. The van der Waals surface area contributed by atoms with Crippen LogP contribution in [0.5, 0.6) is 0 Å². The molecule has 120 valence electrons. The number of anilines is 1. The van der Waals surface area contributed by atoms with Crippen LogP contribution in [-0.4, -0.2) is 15.7 Å². The monoisotopic (exact) mass is 337 g/mol. The van der Waals surface area contributed by atoms with Crippen LogP contribution >= 0.6 is 11.6 Å². The third-order valence-electron chi connectivity index (χ3n) is 4.46. The molecule has 0 saturated carbocycles. The molecular weight excluding hydrogens is 322 g/mol. The molecule has 1 amide bonds. The van der Waals surface area contributed by atoms with Crippen molar-refractivity contribution in [3.63, 3.8) is 0 Å². The summed E-state index contributed by atoms with van der Waals surface area (Å²) in [5.41, 5.74) is 4.26. The number of carbonyl (C=O) groups excluding carboxylic acids is 1. The molecule has 4 rings (SSSR count). The van der Waals surface area contributed by atoms with Crippen LogP contribution < -0.4 is 5.32 Å². The lowest BCUT2D eigenvalue weighted by Gasteiger charge is -2.25. The largest absolute Gasteiger partial charge is 0.310 e. The number of nitrogens with one attached hydrogen (secondary N) is 1. The fourth-order valence-electron chi connectivity index (χ4n) is 3.25. The summed E-state index contributed by atoms with van der Waals surface area (Å²) in [5, 5.41) is 8.13. The number of nitrogens with zero attached hydrogens (tertiary/aromatic N) is 2. The molecule has 4 nitrogen and oxygen atoms in total. The number of aromatic nitrogens is 2. The second-order valence-corrected chi connectivity index (χ2v) is 6.43. The number of hydrogen-bond acceptors (Lipinski definition) is 2. The van der Waals surface area contributed by atoms with E-state index in [2.05, 4.69) is 29.5 Å². The highest BCUT2D eigenvalue weighted by atomic mass is 35.5. The Labute approximate surface area is 145 Å². The van der Waals surface area contributed by atoms with Crippen molar-refractivity contribution in [3.05, 3.63) is 76.4 Å². The van der Waals surface area contributed by atoms with Gasteiger partial charge in [0.15, 0.2) is 0 Å². The lowest BCUT2D eigenvalue weighted by Crippen LogP contribution is -2.25. The van der Waals surface area contributed by atoms with E-state index in [0.717, 1.165) is 17.1 Å². The molecule has 0 aliphatic carbocycles. The summed E-state index contributed by atoms with van der Waals surface area (Å²) in [6.45, 7) is 2.07. The summed E-state index contributed by atoms with van der Waals surface area (Å²) in [7, 11) is 0. The fourth-order valence-corrected chi connectivity index (χ4v) is 3.38. The third kappa shape index (κ3) is 2.49. The number of halogens is 1. The summed E-state index contributed by atoms with van der Waals surface area (Å²) in [5.74, 6) is 0.768. The summed E-state index contributed by atoms with van der Waals surface area (Å²) in [6.07, 6.45) is 2.28. The van der Waals surface area contributed by atoms with E-state index in [9.17, 15) is 4.79 Å². The molecule has 0 fully saturated rings. The van der Waals surface area contributed by atoms with Gasteiger partial charge in [0.2, 0.25) is 5.91 Å². The van der Waals surface area contributed by atoms with Crippen LogP contribution in [0.3, 0.4) is 0 Å². The predicted octanol–water partition coefficient (Wildman–Crippen LogP) is 4.31. The molecule has 3 aromatic rings. The van der Waals surface area contributed by atoms with E-state index in [1.165, 1.54) is 11.1 Å². The van der Waals surface area contributed by atoms with Gasteiger partial charge < -0.3 is 5.32 Å². The first kappa shape index (κ1) is 15.0. The molecule has 5 heteroatoms. The first-order valence-corrected chi connectivity index (χ1v) is 8.20. The van der Waals surface area contributed by atoms with Crippen molar-refractivity contribution >= 4 is 23.3 Å². The fraction of sp³-hybridized carbons (Fsp3) is 0.158. The van der Waals surface area contributed by atoms with Crippen molar-refractivity contribution in [2.75, 3.05) is 5.32 Å². The minimum Gasteiger partial charge on any atom is -0.310 e. The molecule has 0 radical (unpaired) electrons. The summed E-state index contributed by atoms with van der Waals surface area (Å²) in [4.78, 5) is 12.3. The van der Waals surface area contributed by atoms with E-state index in [1.807, 2.05) is 42.6 Å². The molecule has 1 aromatic heterocycles. The number of benzene rings is 2. The zero-order valence-electron chi connectivity index (χ0n) is 13.2. The van der Waals surface area contributed by atoms with Crippen LogP contribution in [0.15, 0.2) is 54.7 Å². The Bertz CT molecular complexity index is 915. The molecule has 1 aliphatic heterocycles. The van der Waals surface area contributed by atoms with Crippen LogP contribution in [0.1, 0.15) is 29.0 Å². The van der Waals surface area contributed by atoms with E-state index in [4.69, 9.17) is 11.6 Å². The molecule has 1 aliphatic rings. The van der Waals surface area contributed by atoms with E-state index < -0.39 is 0 Å². The topological polar surface area (TPSA) is 46.9 Å². The molecule has 0 saturated heterocycles. The zero-order valence-corrected chi connectivity index (χ0v) is 13.9. The Kier molecular flexibility index (Phi) is 3.62. The smallest absolute Gasteiger partial charge is 0.226 e. The van der Waals surface area contributed by atoms with Gasteiger partial charge in [0.1, 0.15) is 5.82 Å². The minimum atomic E-state index is 0.00599. The van der Waals surface area contributed by atoms with E-state index in [1.54, 1.807) is 4.68 Å². The van der Waals surface area contributed by atoms with Crippen molar-refractivity contribution in [2.24, 2.45) is 0 Å². The average Bonchev–Trinajstić information content (AvgIpc) is 2.99. The van der Waals surface area contributed by atoms with Crippen LogP contribution in [0.4, 0.5) is 5.82 Å². The molecule has 2 aromatic carbocycles. The van der Waals surface area contributed by atoms with Crippen LogP contribution in [-0.2, 0) is 4.79 Å². The first-order valence-electron chi connectivity index (χ1n) is 7.83. The van der Waals surface area contributed by atoms with Gasteiger partial charge in [0, 0.05) is 22.9 Å². The highest BCUT2D eigenvalue weighted by Crippen LogP contribution is 2.39. The standard InChI is InChI=1S/C19H16ClN3O/c1-12-4-2-3-5-15(12)16-10-18(24)22-19-17(16)11-21-23(19)14-8-6-13(20)7-9-14/h2-9,11,16H,10H2,1H3,(H,22,24)/t16-/m0/s1. The number of carbonyl (C=O) groups is 1. The first-order chi connectivity index (χ1) is 11.6. The van der Waals surface area contributed by atoms with Gasteiger partial charge in [-0.25, -0.2) is 4.68 Å². The van der Waals surface area contributed by atoms with Crippen molar-refractivity contribution < 1.29 is 4.79 Å². The Hall–Kier alpha value is -2.59. The molecule has 0 bridgehead atoms. The lowest BCUT2D eigenvalue weighted by atomic mass is 9.85. The number of fused-ring (bicyclic) bond motifs is 1. The van der Waals surface area contributed by atoms with Crippen LogP contribution in [0, 0.1) is 6.92 Å². The van der Waals surface area contributed by atoms with Crippen molar-refractivity contribution in [1.29, 1.82) is 0 Å². The van der Waals surface area contributed by atoms with Gasteiger partial charge >= 0.3 is 0 Å². The van der Waals surface area contributed by atoms with E-state index in [-0.39, 0.29) is 11.8 Å². The highest BCUT2D eigenvalue weighted by Gasteiger charge is 2.30. The Balaban J connectivity index is 1.83. The van der Waals surface area contributed by atoms with Gasteiger partial charge in [-0.2, -0.15) is 5.10 Å². The van der Waals surface area contributed by atoms with Gasteiger partial charge in [-0.3, -0.25) is 4.79 Å². The Morgan fingerprint density at radius 2 is 1.88 bits per heavy atom. The summed E-state index contributed by atoms with van der Waals surface area (Å²) >= 11 is 5.96. The highest BCUT2D eigenvalue weighted by molar-refractivity contribution is 6.30. The molecular formula is C19H16ClN3O. The summed E-state index contributed by atoms with van der Waals surface area (Å²) in [6, 6.07) is 15.6. The van der Waals surface area contributed by atoms with E-state index >= 15 is 0 Å². The van der Waals surface area contributed by atoms with Gasteiger partial charge in [0.05, 0.1) is 11.9 Å². The Morgan fingerprint density at radius 3 is 2.62 bits per heavy atom. The predicted molar refractivity (Wildman–Crippen MR) is 94.8 cm³/mol. The van der Waals surface area contributed by atoms with Gasteiger partial charge in [0.25, 0.3) is 0 Å². The molecule has 1 atom stereocenters. The van der Waals surface area contributed by atoms with Crippen molar-refractivity contribution in [3.8, 4) is 5.69 Å². The maximum absolute atomic E-state index is 12.3. The number of amides is 1. The summed E-state index contributed by atoms with van der Waals surface area (Å²) < 4.78 is 1.76. The van der Waals surface area contributed by atoms with Gasteiger partial charge in [-0.15, -0.1) is 0 Å².